The van der Waals surface area contributed by atoms with Gasteiger partial charge >= 0.3 is 0 Å². The third-order valence-electron chi connectivity index (χ3n) is 4.20. The van der Waals surface area contributed by atoms with Gasteiger partial charge in [-0.3, -0.25) is 9.55 Å². The highest BCUT2D eigenvalue weighted by Crippen LogP contribution is 2.33. The van der Waals surface area contributed by atoms with Crippen molar-refractivity contribution in [3.05, 3.63) is 42.7 Å². The van der Waals surface area contributed by atoms with E-state index in [-0.39, 0.29) is 6.61 Å². The van der Waals surface area contributed by atoms with Crippen LogP contribution in [0.15, 0.2) is 42.1 Å². The summed E-state index contributed by atoms with van der Waals surface area (Å²) in [5, 5.41) is 30.1. The minimum absolute atomic E-state index is 0.387. The maximum Gasteiger partial charge on any atom is 0.166 e. The third kappa shape index (κ3) is 3.06. The van der Waals surface area contributed by atoms with E-state index in [0.29, 0.717) is 21.9 Å². The molecule has 4 atom stereocenters. The lowest BCUT2D eigenvalue weighted by Crippen LogP contribution is -2.33. The quantitative estimate of drug-likeness (QED) is 0.421. The number of aliphatic hydroxyl groups excluding tert-OH is 3. The maximum atomic E-state index is 10.2. The topological polar surface area (TPSA) is 126 Å². The van der Waals surface area contributed by atoms with E-state index in [4.69, 9.17) is 4.74 Å². The Morgan fingerprint density at radius 1 is 1.12 bits per heavy atom. The molecule has 3 aromatic rings. The Hall–Kier alpha value is -2.11. The van der Waals surface area contributed by atoms with Gasteiger partial charge in [0.05, 0.1) is 18.6 Å². The van der Waals surface area contributed by atoms with E-state index in [1.807, 2.05) is 18.2 Å². The molecular formula is C16H17N5O4S. The van der Waals surface area contributed by atoms with Crippen LogP contribution in [0, 0.1) is 0 Å². The van der Waals surface area contributed by atoms with Crippen LogP contribution in [0.2, 0.25) is 0 Å². The smallest absolute Gasteiger partial charge is 0.166 e. The predicted octanol–water partition coefficient (Wildman–Crippen LogP) is 0.125. The molecule has 1 aliphatic heterocycles. The molecular weight excluding hydrogens is 358 g/mol. The molecule has 0 bridgehead atoms. The average molecular weight is 375 g/mol. The SMILES string of the molecule is OC[C@H]1O[C@@H](n2cnc3c(SCc4ccccn4)ncnc32)[C@@H](O)C1O. The van der Waals surface area contributed by atoms with Gasteiger partial charge in [-0.05, 0) is 12.1 Å². The molecule has 1 aliphatic rings. The number of aliphatic hydroxyl groups is 3. The normalized spacial score (nSPS) is 25.8. The first-order valence-electron chi connectivity index (χ1n) is 8.01. The second kappa shape index (κ2) is 7.25. The van der Waals surface area contributed by atoms with Crippen molar-refractivity contribution in [3.8, 4) is 0 Å². The van der Waals surface area contributed by atoms with Crippen molar-refractivity contribution < 1.29 is 20.1 Å². The molecule has 3 aromatic heterocycles. The van der Waals surface area contributed by atoms with Crippen molar-refractivity contribution in [1.82, 2.24) is 24.5 Å². The molecule has 4 heterocycles. The molecule has 1 unspecified atom stereocenters. The summed E-state index contributed by atoms with van der Waals surface area (Å²) in [5.41, 5.74) is 1.98. The van der Waals surface area contributed by atoms with Crippen LogP contribution >= 0.6 is 11.8 Å². The van der Waals surface area contributed by atoms with E-state index in [0.717, 1.165) is 5.69 Å². The second-order valence-corrected chi connectivity index (χ2v) is 6.81. The number of fused-ring (bicyclic) bond motifs is 1. The number of aromatic nitrogens is 5. The monoisotopic (exact) mass is 375 g/mol. The highest BCUT2D eigenvalue weighted by Gasteiger charge is 2.44. The second-order valence-electron chi connectivity index (χ2n) is 5.84. The molecule has 0 amide bonds. The summed E-state index contributed by atoms with van der Waals surface area (Å²) in [6.07, 6.45) is 0.545. The van der Waals surface area contributed by atoms with Gasteiger partial charge in [-0.15, -0.1) is 0 Å². The van der Waals surface area contributed by atoms with Crippen molar-refractivity contribution in [2.24, 2.45) is 0 Å². The average Bonchev–Trinajstić information content (AvgIpc) is 3.23. The fourth-order valence-electron chi connectivity index (χ4n) is 2.86. The number of pyridine rings is 1. The van der Waals surface area contributed by atoms with Gasteiger partial charge in [-0.2, -0.15) is 0 Å². The van der Waals surface area contributed by atoms with E-state index in [9.17, 15) is 15.3 Å². The molecule has 0 radical (unpaired) electrons. The maximum absolute atomic E-state index is 10.2. The van der Waals surface area contributed by atoms with Crippen LogP contribution in [-0.2, 0) is 10.5 Å². The van der Waals surface area contributed by atoms with E-state index in [2.05, 4.69) is 19.9 Å². The number of imidazole rings is 1. The van der Waals surface area contributed by atoms with Gasteiger partial charge in [-0.1, -0.05) is 17.8 Å². The van der Waals surface area contributed by atoms with Gasteiger partial charge in [0.2, 0.25) is 0 Å². The molecule has 1 saturated heterocycles. The summed E-state index contributed by atoms with van der Waals surface area (Å²) in [5.74, 6) is 0.633. The number of hydrogen-bond donors (Lipinski definition) is 3. The van der Waals surface area contributed by atoms with E-state index < -0.39 is 24.5 Å². The van der Waals surface area contributed by atoms with Crippen LogP contribution in [0.1, 0.15) is 11.9 Å². The molecule has 26 heavy (non-hydrogen) atoms. The van der Waals surface area contributed by atoms with Gasteiger partial charge in [0.1, 0.15) is 35.2 Å². The van der Waals surface area contributed by atoms with Crippen molar-refractivity contribution in [2.75, 3.05) is 6.61 Å². The van der Waals surface area contributed by atoms with Crippen LogP contribution in [0.25, 0.3) is 11.2 Å². The Morgan fingerprint density at radius 2 is 2.00 bits per heavy atom. The Bertz CT molecular complexity index is 893. The largest absolute Gasteiger partial charge is 0.394 e. The Balaban J connectivity index is 1.61. The Labute approximate surface area is 152 Å². The molecule has 1 fully saturated rings. The molecule has 0 aliphatic carbocycles. The standard InChI is InChI=1S/C16H17N5O4S/c22-5-10-12(23)13(24)16(25-10)21-8-20-11-14(21)18-7-19-15(11)26-6-9-3-1-2-4-17-9/h1-4,7-8,10,12-13,16,22-24H,5-6H2/t10-,12?,13+,16-/m1/s1. The van der Waals surface area contributed by atoms with E-state index >= 15 is 0 Å². The Kier molecular flexibility index (Phi) is 4.83. The van der Waals surface area contributed by atoms with Crippen LogP contribution in [0.5, 0.6) is 0 Å². The number of ether oxygens (including phenoxy) is 1. The van der Waals surface area contributed by atoms with Gasteiger partial charge in [0.25, 0.3) is 0 Å². The summed E-state index contributed by atoms with van der Waals surface area (Å²) < 4.78 is 7.10. The summed E-state index contributed by atoms with van der Waals surface area (Å²) in [6.45, 7) is -0.387. The highest BCUT2D eigenvalue weighted by atomic mass is 32.2. The Morgan fingerprint density at radius 3 is 2.73 bits per heavy atom. The zero-order chi connectivity index (χ0) is 18.1. The summed E-state index contributed by atoms with van der Waals surface area (Å²) in [4.78, 5) is 17.2. The summed E-state index contributed by atoms with van der Waals surface area (Å²) >= 11 is 1.48. The van der Waals surface area contributed by atoms with Crippen molar-refractivity contribution in [1.29, 1.82) is 0 Å². The van der Waals surface area contributed by atoms with Crippen molar-refractivity contribution in [3.63, 3.8) is 0 Å². The lowest BCUT2D eigenvalue weighted by molar-refractivity contribution is -0.0511. The molecule has 0 saturated carbocycles. The fraction of sp³-hybridized carbons (Fsp3) is 0.375. The molecule has 9 nitrogen and oxygen atoms in total. The molecule has 0 aromatic carbocycles. The van der Waals surface area contributed by atoms with Gasteiger partial charge in [0.15, 0.2) is 11.9 Å². The predicted molar refractivity (Wildman–Crippen MR) is 92.1 cm³/mol. The fourth-order valence-corrected chi connectivity index (χ4v) is 3.72. The van der Waals surface area contributed by atoms with Crippen LogP contribution in [0.4, 0.5) is 0 Å². The summed E-state index contributed by atoms with van der Waals surface area (Å²) in [6, 6.07) is 5.72. The first kappa shape index (κ1) is 17.3. The number of rotatable bonds is 5. The first-order valence-corrected chi connectivity index (χ1v) is 9.00. The van der Waals surface area contributed by atoms with E-state index in [1.54, 1.807) is 10.8 Å². The molecule has 4 rings (SSSR count). The number of hydrogen-bond acceptors (Lipinski definition) is 9. The zero-order valence-electron chi connectivity index (χ0n) is 13.6. The van der Waals surface area contributed by atoms with Gasteiger partial charge in [0, 0.05) is 11.9 Å². The van der Waals surface area contributed by atoms with Gasteiger partial charge < -0.3 is 20.1 Å². The lowest BCUT2D eigenvalue weighted by atomic mass is 10.1. The lowest BCUT2D eigenvalue weighted by Gasteiger charge is -2.16. The highest BCUT2D eigenvalue weighted by molar-refractivity contribution is 7.98. The van der Waals surface area contributed by atoms with E-state index in [1.165, 1.54) is 24.4 Å². The third-order valence-corrected chi connectivity index (χ3v) is 5.21. The summed E-state index contributed by atoms with van der Waals surface area (Å²) in [7, 11) is 0. The molecule has 0 spiro atoms. The van der Waals surface area contributed by atoms with Crippen LogP contribution in [-0.4, -0.2) is 64.7 Å². The first-order chi connectivity index (χ1) is 12.7. The minimum atomic E-state index is -1.19. The van der Waals surface area contributed by atoms with Crippen LogP contribution < -0.4 is 0 Å². The van der Waals surface area contributed by atoms with Gasteiger partial charge in [-0.25, -0.2) is 15.0 Å². The van der Waals surface area contributed by atoms with Crippen molar-refractivity contribution in [2.45, 2.75) is 35.3 Å². The zero-order valence-corrected chi connectivity index (χ0v) is 14.4. The van der Waals surface area contributed by atoms with Crippen molar-refractivity contribution >= 4 is 22.9 Å². The molecule has 10 heteroatoms. The number of nitrogens with zero attached hydrogens (tertiary/aromatic N) is 5. The molecule has 3 N–H and O–H groups in total. The number of thioether (sulfide) groups is 1. The van der Waals surface area contributed by atoms with Crippen LogP contribution in [0.3, 0.4) is 0 Å². The molecule has 136 valence electrons. The minimum Gasteiger partial charge on any atom is -0.394 e.